The minimum absolute atomic E-state index is 0.0219. The van der Waals surface area contributed by atoms with Crippen molar-refractivity contribution < 1.29 is 9.59 Å². The van der Waals surface area contributed by atoms with Gasteiger partial charge in [0, 0.05) is 4.90 Å². The average molecular weight is 355 g/mol. The first-order chi connectivity index (χ1) is 12.1. The molecule has 2 amide bonds. The molecule has 0 saturated heterocycles. The van der Waals surface area contributed by atoms with Crippen LogP contribution in [0.5, 0.6) is 0 Å². The van der Waals surface area contributed by atoms with Crippen molar-refractivity contribution in [2.24, 2.45) is 0 Å². The smallest absolute Gasteiger partial charge is 0.260 e. The summed E-state index contributed by atoms with van der Waals surface area (Å²) in [6.07, 6.45) is 0. The fourth-order valence-electron chi connectivity index (χ4n) is 2.17. The number of nitrogens with one attached hydrogen (secondary N) is 2. The highest BCUT2D eigenvalue weighted by Gasteiger charge is 2.09. The first-order valence-corrected chi connectivity index (χ1v) is 8.66. The van der Waals surface area contributed by atoms with Crippen molar-refractivity contribution in [1.82, 2.24) is 25.8 Å². The summed E-state index contributed by atoms with van der Waals surface area (Å²) in [6.45, 7) is 1.99. The van der Waals surface area contributed by atoms with Crippen LogP contribution in [0.1, 0.15) is 5.56 Å². The predicted molar refractivity (Wildman–Crippen MR) is 95.7 cm³/mol. The Bertz CT molecular complexity index is 891. The summed E-state index contributed by atoms with van der Waals surface area (Å²) in [5.74, 6) is -0.429. The number of hydrazine groups is 1. The Balaban J connectivity index is 1.45. The standard InChI is InChI=1S/C17H17N5O2S/c1-12-6-8-13(9-7-12)25-11-17(24)20-19-16(23)10-22-15-5-3-2-4-14(15)18-21-22/h2-9H,10-11H2,1H3,(H,19,23)(H,20,24). The van der Waals surface area contributed by atoms with Gasteiger partial charge in [0.15, 0.2) is 0 Å². The van der Waals surface area contributed by atoms with Crippen molar-refractivity contribution in [2.45, 2.75) is 18.4 Å². The van der Waals surface area contributed by atoms with Crippen LogP contribution in [0.3, 0.4) is 0 Å². The van der Waals surface area contributed by atoms with Crippen molar-refractivity contribution in [2.75, 3.05) is 5.75 Å². The molecule has 0 radical (unpaired) electrons. The lowest BCUT2D eigenvalue weighted by Crippen LogP contribution is -2.44. The Morgan fingerprint density at radius 1 is 1.04 bits per heavy atom. The molecule has 2 N–H and O–H groups in total. The zero-order chi connectivity index (χ0) is 17.6. The van der Waals surface area contributed by atoms with Crippen molar-refractivity contribution in [1.29, 1.82) is 0 Å². The van der Waals surface area contributed by atoms with Gasteiger partial charge in [-0.1, -0.05) is 35.0 Å². The second kappa shape index (κ2) is 7.80. The minimum Gasteiger partial charge on any atom is -0.272 e. The van der Waals surface area contributed by atoms with Crippen molar-refractivity contribution in [3.63, 3.8) is 0 Å². The van der Waals surface area contributed by atoms with E-state index in [4.69, 9.17) is 0 Å². The average Bonchev–Trinajstić information content (AvgIpc) is 3.02. The topological polar surface area (TPSA) is 88.9 Å². The van der Waals surface area contributed by atoms with Gasteiger partial charge in [-0.15, -0.1) is 16.9 Å². The maximum atomic E-state index is 11.9. The van der Waals surface area contributed by atoms with Gasteiger partial charge >= 0.3 is 0 Å². The molecule has 0 aliphatic rings. The first-order valence-electron chi connectivity index (χ1n) is 7.67. The molecule has 25 heavy (non-hydrogen) atoms. The molecule has 0 aliphatic heterocycles. The number of hydrogen-bond donors (Lipinski definition) is 2. The highest BCUT2D eigenvalue weighted by atomic mass is 32.2. The van der Waals surface area contributed by atoms with Crippen molar-refractivity contribution >= 4 is 34.6 Å². The zero-order valence-electron chi connectivity index (χ0n) is 13.6. The van der Waals surface area contributed by atoms with E-state index in [-0.39, 0.29) is 24.1 Å². The van der Waals surface area contributed by atoms with Crippen LogP contribution in [0.15, 0.2) is 53.4 Å². The van der Waals surface area contributed by atoms with E-state index in [1.165, 1.54) is 22.0 Å². The van der Waals surface area contributed by atoms with Crippen LogP contribution >= 0.6 is 11.8 Å². The van der Waals surface area contributed by atoms with Gasteiger partial charge in [-0.05, 0) is 31.2 Å². The molecule has 0 unspecified atom stereocenters. The molecular weight excluding hydrogens is 338 g/mol. The predicted octanol–water partition coefficient (Wildman–Crippen LogP) is 1.68. The van der Waals surface area contributed by atoms with Crippen LogP contribution < -0.4 is 10.9 Å². The third-order valence-electron chi connectivity index (χ3n) is 3.45. The summed E-state index contributed by atoms with van der Waals surface area (Å²) in [7, 11) is 0. The highest BCUT2D eigenvalue weighted by molar-refractivity contribution is 8.00. The first kappa shape index (κ1) is 17.0. The molecule has 0 bridgehead atoms. The van der Waals surface area contributed by atoms with Crippen LogP contribution in [0.2, 0.25) is 0 Å². The third-order valence-corrected chi connectivity index (χ3v) is 4.46. The van der Waals surface area contributed by atoms with Gasteiger partial charge in [0.05, 0.1) is 11.3 Å². The number of aryl methyl sites for hydroxylation is 1. The molecule has 128 valence electrons. The Labute approximate surface area is 148 Å². The lowest BCUT2D eigenvalue weighted by Gasteiger charge is -2.07. The quantitative estimate of drug-likeness (QED) is 0.537. The third kappa shape index (κ3) is 4.57. The molecule has 3 rings (SSSR count). The largest absolute Gasteiger partial charge is 0.272 e. The van der Waals surface area contributed by atoms with E-state index < -0.39 is 0 Å². The molecule has 0 saturated carbocycles. The van der Waals surface area contributed by atoms with Gasteiger partial charge in [0.25, 0.3) is 5.91 Å². The number of amides is 2. The van der Waals surface area contributed by atoms with E-state index in [9.17, 15) is 9.59 Å². The van der Waals surface area contributed by atoms with Crippen molar-refractivity contribution in [3.05, 3.63) is 54.1 Å². The molecule has 3 aromatic rings. The summed E-state index contributed by atoms with van der Waals surface area (Å²) in [5.41, 5.74) is 7.44. The van der Waals surface area contributed by atoms with Gasteiger partial charge in [-0.3, -0.25) is 20.4 Å². The number of aromatic nitrogens is 3. The summed E-state index contributed by atoms with van der Waals surface area (Å²) in [5, 5.41) is 7.91. The molecule has 1 heterocycles. The number of benzene rings is 2. The molecule has 8 heteroatoms. The van der Waals surface area contributed by atoms with Crippen LogP contribution in [0.25, 0.3) is 11.0 Å². The SMILES string of the molecule is Cc1ccc(SCC(=O)NNC(=O)Cn2nnc3ccccc32)cc1. The molecular formula is C17H17N5O2S. The summed E-state index contributed by atoms with van der Waals surface area (Å²) >= 11 is 1.41. The maximum absolute atomic E-state index is 11.9. The molecule has 7 nitrogen and oxygen atoms in total. The fraction of sp³-hybridized carbons (Fsp3) is 0.176. The Hall–Kier alpha value is -2.87. The van der Waals surface area contributed by atoms with Crippen LogP contribution in [-0.2, 0) is 16.1 Å². The lowest BCUT2D eigenvalue weighted by atomic mass is 10.2. The number of para-hydroxylation sites is 1. The molecule has 0 spiro atoms. The van der Waals surface area contributed by atoms with E-state index in [0.29, 0.717) is 5.52 Å². The highest BCUT2D eigenvalue weighted by Crippen LogP contribution is 2.17. The number of hydrogen-bond acceptors (Lipinski definition) is 5. The van der Waals surface area contributed by atoms with E-state index in [0.717, 1.165) is 10.4 Å². The van der Waals surface area contributed by atoms with E-state index in [2.05, 4.69) is 21.2 Å². The van der Waals surface area contributed by atoms with Gasteiger partial charge in [0.1, 0.15) is 12.1 Å². The molecule has 2 aromatic carbocycles. The number of carbonyl (C=O) groups is 2. The Kier molecular flexibility index (Phi) is 5.30. The zero-order valence-corrected chi connectivity index (χ0v) is 14.4. The summed E-state index contributed by atoms with van der Waals surface area (Å²) in [4.78, 5) is 24.8. The number of thioether (sulfide) groups is 1. The van der Waals surface area contributed by atoms with E-state index >= 15 is 0 Å². The van der Waals surface area contributed by atoms with Crippen molar-refractivity contribution in [3.8, 4) is 0 Å². The molecule has 0 fully saturated rings. The number of fused-ring (bicyclic) bond motifs is 1. The maximum Gasteiger partial charge on any atom is 0.260 e. The number of rotatable bonds is 5. The molecule has 1 aromatic heterocycles. The van der Waals surface area contributed by atoms with Gasteiger partial charge < -0.3 is 0 Å². The van der Waals surface area contributed by atoms with Crippen LogP contribution in [-0.4, -0.2) is 32.6 Å². The molecule has 0 atom stereocenters. The number of nitrogens with zero attached hydrogens (tertiary/aromatic N) is 3. The normalized spacial score (nSPS) is 10.6. The van der Waals surface area contributed by atoms with E-state index in [1.54, 1.807) is 0 Å². The van der Waals surface area contributed by atoms with Gasteiger partial charge in [0.2, 0.25) is 5.91 Å². The van der Waals surface area contributed by atoms with E-state index in [1.807, 2.05) is 55.5 Å². The second-order valence-corrected chi connectivity index (χ2v) is 6.48. The Morgan fingerprint density at radius 3 is 2.56 bits per heavy atom. The van der Waals surface area contributed by atoms with Crippen LogP contribution in [0.4, 0.5) is 0 Å². The van der Waals surface area contributed by atoms with Gasteiger partial charge in [-0.2, -0.15) is 0 Å². The second-order valence-electron chi connectivity index (χ2n) is 5.43. The summed E-state index contributed by atoms with van der Waals surface area (Å²) in [6, 6.07) is 15.3. The fourth-order valence-corrected chi connectivity index (χ4v) is 2.87. The number of carbonyl (C=O) groups excluding carboxylic acids is 2. The summed E-state index contributed by atoms with van der Waals surface area (Å²) < 4.78 is 1.48. The Morgan fingerprint density at radius 2 is 1.76 bits per heavy atom. The lowest BCUT2D eigenvalue weighted by molar-refractivity contribution is -0.128. The monoisotopic (exact) mass is 355 g/mol. The minimum atomic E-state index is -0.371. The van der Waals surface area contributed by atoms with Gasteiger partial charge in [-0.25, -0.2) is 4.68 Å². The van der Waals surface area contributed by atoms with Crippen LogP contribution in [0, 0.1) is 6.92 Å². The molecule has 0 aliphatic carbocycles.